The first-order valence-corrected chi connectivity index (χ1v) is 9.51. The van der Waals surface area contributed by atoms with Crippen molar-refractivity contribution in [3.8, 4) is 5.75 Å². The molecule has 8 heteroatoms. The van der Waals surface area contributed by atoms with Gasteiger partial charge in [0.25, 0.3) is 0 Å². The fourth-order valence-corrected chi connectivity index (χ4v) is 3.21. The maximum absolute atomic E-state index is 12.4. The van der Waals surface area contributed by atoms with Gasteiger partial charge in [-0.3, -0.25) is 0 Å². The number of hydrogen-bond acceptors (Lipinski definition) is 5. The molecule has 0 saturated heterocycles. The monoisotopic (exact) mass is 424 g/mol. The van der Waals surface area contributed by atoms with E-state index in [1.165, 1.54) is 18.0 Å². The van der Waals surface area contributed by atoms with Crippen molar-refractivity contribution in [3.05, 3.63) is 81.1 Å². The summed E-state index contributed by atoms with van der Waals surface area (Å²) >= 11 is 19.3. The lowest BCUT2D eigenvalue weighted by Gasteiger charge is -2.08. The van der Waals surface area contributed by atoms with Crippen LogP contribution in [0.5, 0.6) is 5.75 Å². The second-order valence-corrected chi connectivity index (χ2v) is 7.28. The summed E-state index contributed by atoms with van der Waals surface area (Å²) in [5, 5.41) is 1.52. The molecule has 0 aliphatic heterocycles. The molecular formula is C18H11Cl3N2O2S. The number of aromatic nitrogens is 2. The van der Waals surface area contributed by atoms with E-state index in [2.05, 4.69) is 9.97 Å². The van der Waals surface area contributed by atoms with Gasteiger partial charge in [-0.2, -0.15) is 0 Å². The highest BCUT2D eigenvalue weighted by atomic mass is 35.5. The second-order valence-electron chi connectivity index (χ2n) is 5.08. The number of esters is 1. The van der Waals surface area contributed by atoms with E-state index < -0.39 is 5.97 Å². The summed E-state index contributed by atoms with van der Waals surface area (Å²) in [6.07, 6.45) is 1.38. The van der Waals surface area contributed by atoms with Crippen molar-refractivity contribution >= 4 is 52.5 Å². The van der Waals surface area contributed by atoms with Crippen LogP contribution in [0.4, 0.5) is 0 Å². The Balaban J connectivity index is 1.73. The first-order chi connectivity index (χ1) is 12.5. The lowest BCUT2D eigenvalue weighted by atomic mass is 10.2. The predicted octanol–water partition coefficient (Wildman–Crippen LogP) is 5.95. The molecule has 1 aromatic heterocycles. The van der Waals surface area contributed by atoms with Crippen molar-refractivity contribution in [2.75, 3.05) is 0 Å². The van der Waals surface area contributed by atoms with Crippen molar-refractivity contribution in [1.29, 1.82) is 0 Å². The van der Waals surface area contributed by atoms with Gasteiger partial charge < -0.3 is 4.74 Å². The molecule has 0 fully saturated rings. The van der Waals surface area contributed by atoms with Crippen molar-refractivity contribution in [2.45, 2.75) is 10.9 Å². The van der Waals surface area contributed by atoms with Gasteiger partial charge in [-0.25, -0.2) is 14.8 Å². The van der Waals surface area contributed by atoms with Crippen LogP contribution in [0.3, 0.4) is 0 Å². The molecule has 0 N–H and O–H groups in total. The molecule has 132 valence electrons. The van der Waals surface area contributed by atoms with Gasteiger partial charge in [0.05, 0.1) is 16.2 Å². The normalized spacial score (nSPS) is 10.6. The number of benzene rings is 2. The summed E-state index contributed by atoms with van der Waals surface area (Å²) in [4.78, 5) is 20.7. The average molecular weight is 426 g/mol. The van der Waals surface area contributed by atoms with E-state index in [0.717, 1.165) is 5.56 Å². The minimum Gasteiger partial charge on any atom is -0.420 e. The fourth-order valence-electron chi connectivity index (χ4n) is 1.97. The van der Waals surface area contributed by atoms with E-state index in [0.29, 0.717) is 21.0 Å². The molecule has 3 rings (SSSR count). The van der Waals surface area contributed by atoms with E-state index >= 15 is 0 Å². The maximum atomic E-state index is 12.4. The molecule has 1 heterocycles. The Kier molecular flexibility index (Phi) is 6.38. The van der Waals surface area contributed by atoms with Crippen LogP contribution in [0.2, 0.25) is 15.1 Å². The van der Waals surface area contributed by atoms with Gasteiger partial charge in [0, 0.05) is 10.8 Å². The predicted molar refractivity (Wildman–Crippen MR) is 104 cm³/mol. The molecule has 0 radical (unpaired) electrons. The van der Waals surface area contributed by atoms with E-state index in [-0.39, 0.29) is 16.5 Å². The number of thioether (sulfide) groups is 1. The fraction of sp³-hybridized carbons (Fsp3) is 0.0556. The number of hydrogen-bond donors (Lipinski definition) is 0. The lowest BCUT2D eigenvalue weighted by Crippen LogP contribution is -2.12. The average Bonchev–Trinajstić information content (AvgIpc) is 2.64. The summed E-state index contributed by atoms with van der Waals surface area (Å²) in [6.45, 7) is 0. The Morgan fingerprint density at radius 3 is 2.46 bits per heavy atom. The third kappa shape index (κ3) is 4.89. The van der Waals surface area contributed by atoms with Crippen molar-refractivity contribution < 1.29 is 9.53 Å². The molecule has 26 heavy (non-hydrogen) atoms. The number of rotatable bonds is 5. The Labute approximate surface area is 169 Å². The lowest BCUT2D eigenvalue weighted by molar-refractivity contribution is 0.0727. The zero-order valence-electron chi connectivity index (χ0n) is 13.2. The quantitative estimate of drug-likeness (QED) is 0.219. The topological polar surface area (TPSA) is 52.1 Å². The van der Waals surface area contributed by atoms with Crippen LogP contribution in [0.1, 0.15) is 16.1 Å². The van der Waals surface area contributed by atoms with Crippen molar-refractivity contribution in [1.82, 2.24) is 9.97 Å². The summed E-state index contributed by atoms with van der Waals surface area (Å²) in [5.41, 5.74) is 1.04. The van der Waals surface area contributed by atoms with E-state index in [4.69, 9.17) is 39.5 Å². The van der Waals surface area contributed by atoms with Crippen LogP contribution >= 0.6 is 46.6 Å². The number of carbonyl (C=O) groups is 1. The molecule has 0 bridgehead atoms. The van der Waals surface area contributed by atoms with Gasteiger partial charge in [0.1, 0.15) is 5.75 Å². The highest BCUT2D eigenvalue weighted by molar-refractivity contribution is 7.98. The maximum Gasteiger partial charge on any atom is 0.364 e. The first kappa shape index (κ1) is 19.0. The van der Waals surface area contributed by atoms with Crippen LogP contribution in [0, 0.1) is 0 Å². The first-order valence-electron chi connectivity index (χ1n) is 7.39. The van der Waals surface area contributed by atoms with Gasteiger partial charge in [-0.15, -0.1) is 0 Å². The van der Waals surface area contributed by atoms with Crippen LogP contribution < -0.4 is 4.74 Å². The molecule has 0 amide bonds. The largest absolute Gasteiger partial charge is 0.420 e. The molecular weight excluding hydrogens is 415 g/mol. The molecule has 4 nitrogen and oxygen atoms in total. The minimum atomic E-state index is -0.696. The summed E-state index contributed by atoms with van der Waals surface area (Å²) < 4.78 is 5.27. The van der Waals surface area contributed by atoms with Crippen LogP contribution in [-0.2, 0) is 5.75 Å². The number of carbonyl (C=O) groups excluding carboxylic acids is 1. The Bertz CT molecular complexity index is 936. The number of para-hydroxylation sites is 1. The number of nitrogens with zero attached hydrogens (tertiary/aromatic N) is 2. The minimum absolute atomic E-state index is 0.0137. The third-order valence-corrected chi connectivity index (χ3v) is 5.01. The van der Waals surface area contributed by atoms with E-state index in [9.17, 15) is 4.79 Å². The standard InChI is InChI=1S/C18H11Cl3N2O2S/c19-12-7-5-11(6-8-12)10-26-18-22-9-14(21)16(23-18)17(24)25-15-4-2-1-3-13(15)20/h1-9H,10H2. The molecule has 0 aliphatic rings. The Morgan fingerprint density at radius 1 is 1.00 bits per heavy atom. The molecule has 0 aliphatic carbocycles. The Hall–Kier alpha value is -1.79. The van der Waals surface area contributed by atoms with E-state index in [1.54, 1.807) is 24.3 Å². The van der Waals surface area contributed by atoms with Gasteiger partial charge in [0.2, 0.25) is 0 Å². The Morgan fingerprint density at radius 2 is 1.73 bits per heavy atom. The van der Waals surface area contributed by atoms with Crippen LogP contribution in [-0.4, -0.2) is 15.9 Å². The van der Waals surface area contributed by atoms with Gasteiger partial charge >= 0.3 is 5.97 Å². The smallest absolute Gasteiger partial charge is 0.364 e. The van der Waals surface area contributed by atoms with Gasteiger partial charge in [-0.05, 0) is 29.8 Å². The summed E-state index contributed by atoms with van der Waals surface area (Å²) in [7, 11) is 0. The molecule has 0 atom stereocenters. The molecule has 3 aromatic rings. The molecule has 0 spiro atoms. The van der Waals surface area contributed by atoms with E-state index in [1.807, 2.05) is 24.3 Å². The number of halogens is 3. The highest BCUT2D eigenvalue weighted by Crippen LogP contribution is 2.26. The van der Waals surface area contributed by atoms with Gasteiger partial charge in [0.15, 0.2) is 10.9 Å². The molecule has 0 saturated carbocycles. The second kappa shape index (κ2) is 8.73. The molecule has 0 unspecified atom stereocenters. The highest BCUT2D eigenvalue weighted by Gasteiger charge is 2.18. The SMILES string of the molecule is O=C(Oc1ccccc1Cl)c1nc(SCc2ccc(Cl)cc2)ncc1Cl. The molecule has 2 aromatic carbocycles. The zero-order valence-corrected chi connectivity index (χ0v) is 16.2. The van der Waals surface area contributed by atoms with Gasteiger partial charge in [-0.1, -0.05) is 70.8 Å². The van der Waals surface area contributed by atoms with Crippen LogP contribution in [0.15, 0.2) is 59.9 Å². The number of ether oxygens (including phenoxy) is 1. The van der Waals surface area contributed by atoms with Crippen molar-refractivity contribution in [2.24, 2.45) is 0 Å². The zero-order chi connectivity index (χ0) is 18.5. The van der Waals surface area contributed by atoms with Crippen molar-refractivity contribution in [3.63, 3.8) is 0 Å². The summed E-state index contributed by atoms with van der Waals surface area (Å²) in [5.74, 6) is 0.167. The third-order valence-electron chi connectivity index (χ3n) is 3.24. The summed E-state index contributed by atoms with van der Waals surface area (Å²) in [6, 6.07) is 14.1. The van der Waals surface area contributed by atoms with Crippen LogP contribution in [0.25, 0.3) is 0 Å².